The first-order valence-electron chi connectivity index (χ1n) is 5.14. The first-order valence-corrected chi connectivity index (χ1v) is 5.14. The Bertz CT molecular complexity index is 434. The maximum absolute atomic E-state index is 4.13. The predicted molar refractivity (Wildman–Crippen MR) is 57.6 cm³/mol. The third-order valence-corrected chi connectivity index (χ3v) is 2.19. The minimum absolute atomic E-state index is 0.505. The molecule has 0 aliphatic rings. The maximum atomic E-state index is 4.13. The minimum atomic E-state index is 0.505. The highest BCUT2D eigenvalue weighted by Crippen LogP contribution is 2.01. The summed E-state index contributed by atoms with van der Waals surface area (Å²) in [5.74, 6) is 0.973. The maximum Gasteiger partial charge on any atom is 0.179 e. The zero-order valence-electron chi connectivity index (χ0n) is 9.01. The monoisotopic (exact) mass is 205 g/mol. The van der Waals surface area contributed by atoms with Gasteiger partial charge in [-0.1, -0.05) is 13.8 Å². The number of nitrogens with zero attached hydrogens (tertiary/aromatic N) is 4. The van der Waals surface area contributed by atoms with Crippen LogP contribution in [-0.2, 0) is 6.42 Å². The third-order valence-electron chi connectivity index (χ3n) is 2.19. The molecule has 2 aromatic rings. The summed E-state index contributed by atoms with van der Waals surface area (Å²) in [5, 5.41) is 11.5. The largest absolute Gasteiger partial charge is 0.314 e. The van der Waals surface area contributed by atoms with Gasteiger partial charge >= 0.3 is 0 Å². The van der Waals surface area contributed by atoms with Crippen LogP contribution in [0.15, 0.2) is 18.6 Å². The van der Waals surface area contributed by atoms with E-state index in [-0.39, 0.29) is 0 Å². The molecule has 5 nitrogen and oxygen atoms in total. The van der Waals surface area contributed by atoms with Crippen LogP contribution in [0.1, 0.15) is 19.7 Å². The van der Waals surface area contributed by atoms with Gasteiger partial charge in [0.15, 0.2) is 5.65 Å². The minimum Gasteiger partial charge on any atom is -0.314 e. The summed E-state index contributed by atoms with van der Waals surface area (Å²) < 4.78 is 1.97. The summed E-state index contributed by atoms with van der Waals surface area (Å²) in [6, 6.07) is 0.505. The normalized spacial score (nSPS) is 11.4. The highest BCUT2D eigenvalue weighted by molar-refractivity contribution is 5.33. The molecule has 2 aromatic heterocycles. The van der Waals surface area contributed by atoms with Crippen molar-refractivity contribution in [2.45, 2.75) is 26.3 Å². The second kappa shape index (κ2) is 4.35. The number of fused-ring (bicyclic) bond motifs is 1. The average molecular weight is 205 g/mol. The zero-order chi connectivity index (χ0) is 10.7. The van der Waals surface area contributed by atoms with Crippen LogP contribution in [-0.4, -0.2) is 32.2 Å². The van der Waals surface area contributed by atoms with E-state index >= 15 is 0 Å². The van der Waals surface area contributed by atoms with Crippen molar-refractivity contribution in [3.05, 3.63) is 24.4 Å². The Morgan fingerprint density at radius 2 is 2.27 bits per heavy atom. The lowest BCUT2D eigenvalue weighted by Crippen LogP contribution is -2.25. The van der Waals surface area contributed by atoms with Gasteiger partial charge in [0, 0.05) is 31.4 Å². The SMILES string of the molecule is CC(C)NCCc1nnc2cnccn12. The van der Waals surface area contributed by atoms with Gasteiger partial charge in [-0.2, -0.15) is 0 Å². The molecular weight excluding hydrogens is 190 g/mol. The molecule has 0 saturated heterocycles. The van der Waals surface area contributed by atoms with Crippen LogP contribution < -0.4 is 5.32 Å². The molecule has 0 aromatic carbocycles. The van der Waals surface area contributed by atoms with Crippen LogP contribution in [0.2, 0.25) is 0 Å². The summed E-state index contributed by atoms with van der Waals surface area (Å²) in [7, 11) is 0. The van der Waals surface area contributed by atoms with Gasteiger partial charge in [0.05, 0.1) is 6.20 Å². The molecular formula is C10H15N5. The molecule has 0 radical (unpaired) electrons. The molecule has 0 amide bonds. The fourth-order valence-corrected chi connectivity index (χ4v) is 1.45. The van der Waals surface area contributed by atoms with Crippen molar-refractivity contribution < 1.29 is 0 Å². The van der Waals surface area contributed by atoms with E-state index in [9.17, 15) is 0 Å². The molecule has 0 aliphatic carbocycles. The molecule has 0 saturated carbocycles. The summed E-state index contributed by atoms with van der Waals surface area (Å²) in [4.78, 5) is 4.00. The Balaban J connectivity index is 2.08. The standard InChI is InChI=1S/C10H15N5/c1-8(2)12-4-3-9-13-14-10-7-11-5-6-15(9)10/h5-8,12H,3-4H2,1-2H3. The van der Waals surface area contributed by atoms with Crippen molar-refractivity contribution in [1.29, 1.82) is 0 Å². The number of nitrogens with one attached hydrogen (secondary N) is 1. The molecule has 0 aliphatic heterocycles. The number of aromatic nitrogens is 4. The first-order chi connectivity index (χ1) is 7.27. The van der Waals surface area contributed by atoms with Gasteiger partial charge < -0.3 is 5.32 Å². The second-order valence-electron chi connectivity index (χ2n) is 3.78. The Labute approximate surface area is 88.6 Å². The van der Waals surface area contributed by atoms with E-state index in [0.29, 0.717) is 6.04 Å². The Morgan fingerprint density at radius 1 is 1.40 bits per heavy atom. The molecule has 0 spiro atoms. The lowest BCUT2D eigenvalue weighted by Gasteiger charge is -2.06. The molecule has 15 heavy (non-hydrogen) atoms. The second-order valence-corrected chi connectivity index (χ2v) is 3.78. The van der Waals surface area contributed by atoms with Crippen molar-refractivity contribution in [1.82, 2.24) is 24.9 Å². The number of hydrogen-bond donors (Lipinski definition) is 1. The lowest BCUT2D eigenvalue weighted by atomic mass is 10.3. The van der Waals surface area contributed by atoms with Gasteiger partial charge in [-0.25, -0.2) is 0 Å². The van der Waals surface area contributed by atoms with Gasteiger partial charge in [0.2, 0.25) is 0 Å². The fraction of sp³-hybridized carbons (Fsp3) is 0.500. The van der Waals surface area contributed by atoms with Crippen molar-refractivity contribution in [2.75, 3.05) is 6.54 Å². The van der Waals surface area contributed by atoms with Gasteiger partial charge in [-0.3, -0.25) is 9.38 Å². The molecule has 0 fully saturated rings. The lowest BCUT2D eigenvalue weighted by molar-refractivity contribution is 0.581. The van der Waals surface area contributed by atoms with Crippen LogP contribution in [0.4, 0.5) is 0 Å². The molecule has 0 bridgehead atoms. The molecule has 5 heteroatoms. The van der Waals surface area contributed by atoms with Crippen molar-refractivity contribution in [3.8, 4) is 0 Å². The van der Waals surface area contributed by atoms with E-state index in [4.69, 9.17) is 0 Å². The van der Waals surface area contributed by atoms with Gasteiger partial charge in [0.25, 0.3) is 0 Å². The van der Waals surface area contributed by atoms with E-state index in [1.165, 1.54) is 0 Å². The van der Waals surface area contributed by atoms with Crippen molar-refractivity contribution in [3.63, 3.8) is 0 Å². The van der Waals surface area contributed by atoms with E-state index in [0.717, 1.165) is 24.4 Å². The highest BCUT2D eigenvalue weighted by Gasteiger charge is 2.04. The summed E-state index contributed by atoms with van der Waals surface area (Å²) in [6.45, 7) is 5.18. The van der Waals surface area contributed by atoms with Crippen LogP contribution >= 0.6 is 0 Å². The first kappa shape index (κ1) is 10.0. The van der Waals surface area contributed by atoms with Crippen molar-refractivity contribution >= 4 is 5.65 Å². The number of rotatable bonds is 4. The Hall–Kier alpha value is -1.49. The summed E-state index contributed by atoms with van der Waals surface area (Å²) in [6.07, 6.45) is 6.23. The van der Waals surface area contributed by atoms with Crippen LogP contribution in [0.25, 0.3) is 5.65 Å². The highest BCUT2D eigenvalue weighted by atomic mass is 15.2. The zero-order valence-corrected chi connectivity index (χ0v) is 9.01. The number of hydrogen-bond acceptors (Lipinski definition) is 4. The molecule has 0 unspecified atom stereocenters. The van der Waals surface area contributed by atoms with Gasteiger partial charge in [0.1, 0.15) is 5.82 Å². The third kappa shape index (κ3) is 2.30. The molecule has 2 heterocycles. The van der Waals surface area contributed by atoms with Crippen LogP contribution in [0.5, 0.6) is 0 Å². The molecule has 80 valence electrons. The summed E-state index contributed by atoms with van der Waals surface area (Å²) >= 11 is 0. The smallest absolute Gasteiger partial charge is 0.179 e. The average Bonchev–Trinajstić information content (AvgIpc) is 2.62. The van der Waals surface area contributed by atoms with E-state index < -0.39 is 0 Å². The Morgan fingerprint density at radius 3 is 3.07 bits per heavy atom. The topological polar surface area (TPSA) is 55.1 Å². The van der Waals surface area contributed by atoms with E-state index in [1.807, 2.05) is 10.6 Å². The summed E-state index contributed by atoms with van der Waals surface area (Å²) in [5.41, 5.74) is 0.803. The molecule has 1 N–H and O–H groups in total. The molecule has 0 atom stereocenters. The quantitative estimate of drug-likeness (QED) is 0.797. The predicted octanol–water partition coefficient (Wildman–Crippen LogP) is 0.665. The van der Waals surface area contributed by atoms with E-state index in [1.54, 1.807) is 12.4 Å². The van der Waals surface area contributed by atoms with Crippen molar-refractivity contribution in [2.24, 2.45) is 0 Å². The Kier molecular flexibility index (Phi) is 2.91. The fourth-order valence-electron chi connectivity index (χ4n) is 1.45. The van der Waals surface area contributed by atoms with E-state index in [2.05, 4.69) is 34.3 Å². The van der Waals surface area contributed by atoms with Crippen LogP contribution in [0, 0.1) is 0 Å². The van der Waals surface area contributed by atoms with Gasteiger partial charge in [-0.05, 0) is 0 Å². The molecule has 2 rings (SSSR count). The van der Waals surface area contributed by atoms with Crippen LogP contribution in [0.3, 0.4) is 0 Å². The van der Waals surface area contributed by atoms with Gasteiger partial charge in [-0.15, -0.1) is 10.2 Å².